The maximum Gasteiger partial charge on any atom is 0.340 e. The van der Waals surface area contributed by atoms with Crippen LogP contribution in [0, 0.1) is 0 Å². The molecule has 0 radical (unpaired) electrons. The maximum absolute atomic E-state index is 11.5. The summed E-state index contributed by atoms with van der Waals surface area (Å²) >= 11 is 0. The highest BCUT2D eigenvalue weighted by Gasteiger charge is 2.16. The fourth-order valence-corrected chi connectivity index (χ4v) is 1.83. The number of ether oxygens (including phenoxy) is 2. The lowest BCUT2D eigenvalue weighted by Gasteiger charge is -2.24. The molecule has 0 fully saturated rings. The number of benzene rings is 1. The number of hydrogen-bond acceptors (Lipinski definition) is 6. The molecule has 0 amide bonds. The normalized spacial score (nSPS) is 12.0. The first-order valence-electron chi connectivity index (χ1n) is 5.86. The molecule has 1 atom stereocenters. The minimum absolute atomic E-state index is 0.237. The van der Waals surface area contributed by atoms with Crippen LogP contribution in [0.15, 0.2) is 18.2 Å². The quantitative estimate of drug-likeness (QED) is 0.577. The van der Waals surface area contributed by atoms with Gasteiger partial charge in [0.05, 0.1) is 36.8 Å². The number of aliphatic hydroxyl groups excluding tert-OH is 1. The Morgan fingerprint density at radius 1 is 1.47 bits per heavy atom. The van der Waals surface area contributed by atoms with Crippen LogP contribution in [0.5, 0.6) is 0 Å². The van der Waals surface area contributed by atoms with Crippen molar-refractivity contribution in [2.45, 2.75) is 6.10 Å². The largest absolute Gasteiger partial charge is 0.465 e. The number of nitrogens with two attached hydrogens (primary N) is 1. The van der Waals surface area contributed by atoms with Crippen LogP contribution >= 0.6 is 0 Å². The highest BCUT2D eigenvalue weighted by Crippen LogP contribution is 2.26. The summed E-state index contributed by atoms with van der Waals surface area (Å²) in [7, 11) is 4.61. The SMILES string of the molecule is COCC(O)CN(C)c1cccc(C(=O)OC)c1N. The molecule has 1 unspecified atom stereocenters. The first-order chi connectivity index (χ1) is 9.01. The first kappa shape index (κ1) is 15.3. The molecule has 0 heterocycles. The van der Waals surface area contributed by atoms with Gasteiger partial charge in [-0.1, -0.05) is 6.07 Å². The molecular formula is C13H20N2O4. The third-order valence-corrected chi connectivity index (χ3v) is 2.74. The second kappa shape index (κ2) is 6.96. The third kappa shape index (κ3) is 3.84. The molecule has 106 valence electrons. The Morgan fingerprint density at radius 2 is 2.16 bits per heavy atom. The molecule has 3 N–H and O–H groups in total. The summed E-state index contributed by atoms with van der Waals surface area (Å²) in [5.74, 6) is -0.481. The van der Waals surface area contributed by atoms with Gasteiger partial charge in [0, 0.05) is 20.7 Å². The van der Waals surface area contributed by atoms with Crippen LogP contribution in [0.4, 0.5) is 11.4 Å². The number of aliphatic hydroxyl groups is 1. The van der Waals surface area contributed by atoms with Crippen molar-refractivity contribution in [2.75, 3.05) is 45.1 Å². The van der Waals surface area contributed by atoms with E-state index in [1.165, 1.54) is 14.2 Å². The predicted molar refractivity (Wildman–Crippen MR) is 73.3 cm³/mol. The zero-order valence-corrected chi connectivity index (χ0v) is 11.4. The summed E-state index contributed by atoms with van der Waals surface area (Å²) in [5, 5.41) is 9.70. The Kier molecular flexibility index (Phi) is 5.59. The maximum atomic E-state index is 11.5. The summed E-state index contributed by atoms with van der Waals surface area (Å²) in [6.07, 6.45) is -0.629. The van der Waals surface area contributed by atoms with Gasteiger partial charge < -0.3 is 25.2 Å². The summed E-state index contributed by atoms with van der Waals surface area (Å²) in [5.41, 5.74) is 7.27. The fraction of sp³-hybridized carbons (Fsp3) is 0.462. The number of para-hydroxylation sites is 1. The monoisotopic (exact) mass is 268 g/mol. The lowest BCUT2D eigenvalue weighted by molar-refractivity contribution is 0.0602. The lowest BCUT2D eigenvalue weighted by atomic mass is 10.1. The number of likely N-dealkylation sites (N-methyl/N-ethyl adjacent to an activating group) is 1. The molecule has 1 aromatic carbocycles. The molecule has 1 aromatic rings. The van der Waals surface area contributed by atoms with Crippen molar-refractivity contribution >= 4 is 17.3 Å². The zero-order valence-electron chi connectivity index (χ0n) is 11.4. The molecule has 0 aliphatic heterocycles. The molecular weight excluding hydrogens is 248 g/mol. The fourth-order valence-electron chi connectivity index (χ4n) is 1.83. The van der Waals surface area contributed by atoms with Gasteiger partial charge in [-0.3, -0.25) is 0 Å². The van der Waals surface area contributed by atoms with Gasteiger partial charge >= 0.3 is 5.97 Å². The first-order valence-corrected chi connectivity index (χ1v) is 5.86. The summed E-state index contributed by atoms with van der Waals surface area (Å²) in [4.78, 5) is 13.3. The lowest BCUT2D eigenvalue weighted by Crippen LogP contribution is -2.32. The van der Waals surface area contributed by atoms with Crippen molar-refractivity contribution < 1.29 is 19.4 Å². The van der Waals surface area contributed by atoms with Gasteiger partial charge in [-0.2, -0.15) is 0 Å². The number of hydrogen-bond donors (Lipinski definition) is 2. The average Bonchev–Trinajstić information content (AvgIpc) is 2.38. The van der Waals surface area contributed by atoms with Crippen LogP contribution in [0.25, 0.3) is 0 Å². The number of methoxy groups -OCH3 is 2. The van der Waals surface area contributed by atoms with Gasteiger partial charge in [-0.05, 0) is 12.1 Å². The van der Waals surface area contributed by atoms with Crippen LogP contribution in [0.3, 0.4) is 0 Å². The van der Waals surface area contributed by atoms with Gasteiger partial charge in [0.15, 0.2) is 0 Å². The molecule has 19 heavy (non-hydrogen) atoms. The predicted octanol–water partition coefficient (Wildman–Crippen LogP) is 0.499. The van der Waals surface area contributed by atoms with Gasteiger partial charge in [0.2, 0.25) is 0 Å². The number of carbonyl (C=O) groups excluding carboxylic acids is 1. The van der Waals surface area contributed by atoms with Gasteiger partial charge in [-0.15, -0.1) is 0 Å². The number of rotatable bonds is 6. The van der Waals surface area contributed by atoms with E-state index in [1.807, 2.05) is 0 Å². The number of carbonyl (C=O) groups is 1. The van der Waals surface area contributed by atoms with Crippen molar-refractivity contribution in [3.8, 4) is 0 Å². The van der Waals surface area contributed by atoms with Crippen molar-refractivity contribution in [2.24, 2.45) is 0 Å². The molecule has 0 saturated carbocycles. The van der Waals surface area contributed by atoms with E-state index in [9.17, 15) is 9.90 Å². The molecule has 6 heteroatoms. The number of esters is 1. The Labute approximate surface area is 112 Å². The van der Waals surface area contributed by atoms with E-state index >= 15 is 0 Å². The van der Waals surface area contributed by atoms with Crippen LogP contribution in [0.1, 0.15) is 10.4 Å². The summed E-state index contributed by atoms with van der Waals surface area (Å²) < 4.78 is 9.53. The zero-order chi connectivity index (χ0) is 14.4. The van der Waals surface area contributed by atoms with E-state index in [0.29, 0.717) is 23.5 Å². The molecule has 0 aliphatic rings. The van der Waals surface area contributed by atoms with Crippen LogP contribution in [-0.4, -0.2) is 51.6 Å². The molecule has 0 aromatic heterocycles. The van der Waals surface area contributed by atoms with Crippen molar-refractivity contribution in [1.82, 2.24) is 0 Å². The standard InChI is InChI=1S/C13H20N2O4/c1-15(7-9(16)8-18-2)11-6-4-5-10(12(11)14)13(17)19-3/h4-6,9,16H,7-8,14H2,1-3H3. The Bertz CT molecular complexity index is 437. The second-order valence-electron chi connectivity index (χ2n) is 4.22. The van der Waals surface area contributed by atoms with Crippen LogP contribution < -0.4 is 10.6 Å². The van der Waals surface area contributed by atoms with Crippen molar-refractivity contribution in [3.63, 3.8) is 0 Å². The molecule has 0 spiro atoms. The Balaban J connectivity index is 2.91. The third-order valence-electron chi connectivity index (χ3n) is 2.74. The second-order valence-corrected chi connectivity index (χ2v) is 4.22. The minimum Gasteiger partial charge on any atom is -0.465 e. The summed E-state index contributed by atoms with van der Waals surface area (Å²) in [6, 6.07) is 5.10. The average molecular weight is 268 g/mol. The number of nitrogens with zero attached hydrogens (tertiary/aromatic N) is 1. The van der Waals surface area contributed by atoms with E-state index < -0.39 is 12.1 Å². The van der Waals surface area contributed by atoms with E-state index in [4.69, 9.17) is 10.5 Å². The van der Waals surface area contributed by atoms with E-state index in [2.05, 4.69) is 4.74 Å². The number of nitrogen functional groups attached to an aromatic ring is 1. The van der Waals surface area contributed by atoms with Crippen LogP contribution in [0.2, 0.25) is 0 Å². The summed E-state index contributed by atoms with van der Waals surface area (Å²) in [6.45, 7) is 0.587. The molecule has 0 bridgehead atoms. The van der Waals surface area contributed by atoms with E-state index in [0.717, 1.165) is 0 Å². The van der Waals surface area contributed by atoms with E-state index in [-0.39, 0.29) is 6.61 Å². The van der Waals surface area contributed by atoms with Crippen molar-refractivity contribution in [1.29, 1.82) is 0 Å². The van der Waals surface area contributed by atoms with Gasteiger partial charge in [0.1, 0.15) is 0 Å². The highest BCUT2D eigenvalue weighted by atomic mass is 16.5. The van der Waals surface area contributed by atoms with Gasteiger partial charge in [0.25, 0.3) is 0 Å². The van der Waals surface area contributed by atoms with Gasteiger partial charge in [-0.25, -0.2) is 4.79 Å². The van der Waals surface area contributed by atoms with Crippen molar-refractivity contribution in [3.05, 3.63) is 23.8 Å². The Hall–Kier alpha value is -1.79. The van der Waals surface area contributed by atoms with Crippen LogP contribution in [-0.2, 0) is 9.47 Å². The molecule has 0 aliphatic carbocycles. The topological polar surface area (TPSA) is 85.0 Å². The molecule has 1 rings (SSSR count). The Morgan fingerprint density at radius 3 is 2.74 bits per heavy atom. The van der Waals surface area contributed by atoms with E-state index in [1.54, 1.807) is 30.1 Å². The smallest absolute Gasteiger partial charge is 0.340 e. The minimum atomic E-state index is -0.629. The molecule has 0 saturated heterocycles. The molecule has 6 nitrogen and oxygen atoms in total. The highest BCUT2D eigenvalue weighted by molar-refractivity contribution is 5.98. The number of anilines is 2.